The second-order valence-corrected chi connectivity index (χ2v) is 5.84. The normalized spacial score (nSPS) is 18.5. The van der Waals surface area contributed by atoms with Gasteiger partial charge in [0.25, 0.3) is 0 Å². The zero-order chi connectivity index (χ0) is 15.0. The largest absolute Gasteiger partial charge is 0.351 e. The SMILES string of the molecule is CCN(CC)CCCC(C)NC1CCN(C(N)=O)CC1. The van der Waals surface area contributed by atoms with Crippen molar-refractivity contribution >= 4 is 6.03 Å². The topological polar surface area (TPSA) is 61.6 Å². The van der Waals surface area contributed by atoms with Gasteiger partial charge in [0.1, 0.15) is 0 Å². The number of nitrogens with zero attached hydrogens (tertiary/aromatic N) is 2. The highest BCUT2D eigenvalue weighted by molar-refractivity contribution is 5.72. The third kappa shape index (κ3) is 6.09. The molecule has 0 aromatic rings. The molecular formula is C15H32N4O. The predicted molar refractivity (Wildman–Crippen MR) is 83.8 cm³/mol. The maximum atomic E-state index is 11.1. The first-order valence-corrected chi connectivity index (χ1v) is 8.09. The Balaban J connectivity index is 2.14. The van der Waals surface area contributed by atoms with Crippen LogP contribution in [0.5, 0.6) is 0 Å². The van der Waals surface area contributed by atoms with Crippen molar-refractivity contribution in [2.24, 2.45) is 5.73 Å². The van der Waals surface area contributed by atoms with E-state index in [1.165, 1.54) is 19.4 Å². The second-order valence-electron chi connectivity index (χ2n) is 5.84. The van der Waals surface area contributed by atoms with E-state index in [2.05, 4.69) is 31.0 Å². The fraction of sp³-hybridized carbons (Fsp3) is 0.933. The molecule has 1 atom stereocenters. The van der Waals surface area contributed by atoms with Crippen molar-refractivity contribution in [1.29, 1.82) is 0 Å². The summed E-state index contributed by atoms with van der Waals surface area (Å²) in [5.74, 6) is 0. The number of carbonyl (C=O) groups is 1. The van der Waals surface area contributed by atoms with Crippen LogP contribution in [0.3, 0.4) is 0 Å². The van der Waals surface area contributed by atoms with Gasteiger partial charge < -0.3 is 20.9 Å². The molecule has 20 heavy (non-hydrogen) atoms. The van der Waals surface area contributed by atoms with E-state index in [1.807, 2.05) is 0 Å². The number of amides is 2. The number of piperidine rings is 1. The van der Waals surface area contributed by atoms with Gasteiger partial charge in [0, 0.05) is 25.2 Å². The third-order valence-electron chi connectivity index (χ3n) is 4.33. The lowest BCUT2D eigenvalue weighted by Crippen LogP contribution is -2.48. The molecule has 0 saturated carbocycles. The van der Waals surface area contributed by atoms with E-state index in [0.717, 1.165) is 39.0 Å². The minimum absolute atomic E-state index is 0.282. The molecule has 1 aliphatic rings. The average Bonchev–Trinajstić information content (AvgIpc) is 2.44. The van der Waals surface area contributed by atoms with Crippen LogP contribution in [0.25, 0.3) is 0 Å². The molecule has 1 unspecified atom stereocenters. The predicted octanol–water partition coefficient (Wildman–Crippen LogP) is 1.63. The van der Waals surface area contributed by atoms with Crippen molar-refractivity contribution in [3.05, 3.63) is 0 Å². The van der Waals surface area contributed by atoms with E-state index >= 15 is 0 Å². The van der Waals surface area contributed by atoms with Crippen molar-refractivity contribution in [1.82, 2.24) is 15.1 Å². The van der Waals surface area contributed by atoms with Gasteiger partial charge in [0.05, 0.1) is 0 Å². The lowest BCUT2D eigenvalue weighted by atomic mass is 10.0. The minimum Gasteiger partial charge on any atom is -0.351 e. The zero-order valence-electron chi connectivity index (χ0n) is 13.4. The fourth-order valence-electron chi connectivity index (χ4n) is 2.91. The Morgan fingerprint density at radius 2 is 1.95 bits per heavy atom. The molecule has 118 valence electrons. The molecule has 1 aliphatic heterocycles. The molecule has 0 aromatic heterocycles. The van der Waals surface area contributed by atoms with Crippen LogP contribution in [0.2, 0.25) is 0 Å². The number of carbonyl (C=O) groups excluding carboxylic acids is 1. The van der Waals surface area contributed by atoms with Crippen LogP contribution >= 0.6 is 0 Å². The van der Waals surface area contributed by atoms with Crippen molar-refractivity contribution in [2.75, 3.05) is 32.7 Å². The van der Waals surface area contributed by atoms with Gasteiger partial charge in [-0.2, -0.15) is 0 Å². The summed E-state index contributed by atoms with van der Waals surface area (Å²) >= 11 is 0. The Hall–Kier alpha value is -0.810. The maximum absolute atomic E-state index is 11.1. The summed E-state index contributed by atoms with van der Waals surface area (Å²) in [5.41, 5.74) is 5.30. The van der Waals surface area contributed by atoms with Gasteiger partial charge in [-0.05, 0) is 52.2 Å². The van der Waals surface area contributed by atoms with Gasteiger partial charge >= 0.3 is 6.03 Å². The number of nitrogens with two attached hydrogens (primary N) is 1. The van der Waals surface area contributed by atoms with Gasteiger partial charge in [-0.3, -0.25) is 0 Å². The van der Waals surface area contributed by atoms with E-state index in [-0.39, 0.29) is 6.03 Å². The van der Waals surface area contributed by atoms with Crippen molar-refractivity contribution in [2.45, 2.75) is 58.5 Å². The highest BCUT2D eigenvalue weighted by Crippen LogP contribution is 2.11. The van der Waals surface area contributed by atoms with Crippen LogP contribution in [-0.2, 0) is 0 Å². The molecule has 0 aromatic carbocycles. The summed E-state index contributed by atoms with van der Waals surface area (Å²) in [6.45, 7) is 11.8. The molecule has 0 bridgehead atoms. The van der Waals surface area contributed by atoms with Gasteiger partial charge in [0.15, 0.2) is 0 Å². The van der Waals surface area contributed by atoms with Gasteiger partial charge in [-0.15, -0.1) is 0 Å². The van der Waals surface area contributed by atoms with Gasteiger partial charge in [-0.25, -0.2) is 4.79 Å². The molecule has 0 aliphatic carbocycles. The molecule has 5 nitrogen and oxygen atoms in total. The summed E-state index contributed by atoms with van der Waals surface area (Å²) in [4.78, 5) is 15.3. The molecule has 1 fully saturated rings. The summed E-state index contributed by atoms with van der Waals surface area (Å²) in [6.07, 6.45) is 4.50. The first-order valence-electron chi connectivity index (χ1n) is 8.09. The Morgan fingerprint density at radius 1 is 1.35 bits per heavy atom. The van der Waals surface area contributed by atoms with Crippen LogP contribution in [0.1, 0.15) is 46.5 Å². The molecule has 2 amide bonds. The van der Waals surface area contributed by atoms with E-state index in [0.29, 0.717) is 12.1 Å². The first-order chi connectivity index (χ1) is 9.56. The van der Waals surface area contributed by atoms with Crippen molar-refractivity contribution in [3.8, 4) is 0 Å². The van der Waals surface area contributed by atoms with E-state index < -0.39 is 0 Å². The number of hydrogen-bond acceptors (Lipinski definition) is 3. The molecule has 1 saturated heterocycles. The van der Waals surface area contributed by atoms with Crippen LogP contribution in [0.4, 0.5) is 4.79 Å². The quantitative estimate of drug-likeness (QED) is 0.712. The van der Waals surface area contributed by atoms with Crippen LogP contribution in [0.15, 0.2) is 0 Å². The van der Waals surface area contributed by atoms with E-state index in [4.69, 9.17) is 5.73 Å². The van der Waals surface area contributed by atoms with Gasteiger partial charge in [0.2, 0.25) is 0 Å². The maximum Gasteiger partial charge on any atom is 0.314 e. The van der Waals surface area contributed by atoms with Crippen LogP contribution < -0.4 is 11.1 Å². The third-order valence-corrected chi connectivity index (χ3v) is 4.33. The highest BCUT2D eigenvalue weighted by atomic mass is 16.2. The number of hydrogen-bond donors (Lipinski definition) is 2. The molecule has 5 heteroatoms. The van der Waals surface area contributed by atoms with E-state index in [9.17, 15) is 4.79 Å². The number of likely N-dealkylation sites (tertiary alicyclic amines) is 1. The Labute approximate surface area is 123 Å². The Bertz CT molecular complexity index is 273. The molecule has 0 radical (unpaired) electrons. The van der Waals surface area contributed by atoms with E-state index in [1.54, 1.807) is 4.90 Å². The highest BCUT2D eigenvalue weighted by Gasteiger charge is 2.21. The fourth-order valence-corrected chi connectivity index (χ4v) is 2.91. The number of nitrogens with one attached hydrogen (secondary N) is 1. The monoisotopic (exact) mass is 284 g/mol. The lowest BCUT2D eigenvalue weighted by Gasteiger charge is -2.33. The molecular weight excluding hydrogens is 252 g/mol. The lowest BCUT2D eigenvalue weighted by molar-refractivity contribution is 0.182. The van der Waals surface area contributed by atoms with Crippen LogP contribution in [-0.4, -0.2) is 60.6 Å². The van der Waals surface area contributed by atoms with Crippen LogP contribution in [0, 0.1) is 0 Å². The Morgan fingerprint density at radius 3 is 2.45 bits per heavy atom. The van der Waals surface area contributed by atoms with Crippen molar-refractivity contribution < 1.29 is 4.79 Å². The standard InChI is InChI=1S/C15H32N4O/c1-4-18(5-2)10-6-7-13(3)17-14-8-11-19(12-9-14)15(16)20/h13-14,17H,4-12H2,1-3H3,(H2,16,20). The summed E-state index contributed by atoms with van der Waals surface area (Å²) in [5, 5.41) is 3.69. The average molecular weight is 284 g/mol. The Kier molecular flexibility index (Phi) is 7.92. The summed E-state index contributed by atoms with van der Waals surface area (Å²) in [7, 11) is 0. The number of urea groups is 1. The number of primary amides is 1. The van der Waals surface area contributed by atoms with Gasteiger partial charge in [-0.1, -0.05) is 13.8 Å². The summed E-state index contributed by atoms with van der Waals surface area (Å²) in [6, 6.07) is 0.806. The first kappa shape index (κ1) is 17.2. The molecule has 0 spiro atoms. The number of rotatable bonds is 8. The summed E-state index contributed by atoms with van der Waals surface area (Å²) < 4.78 is 0. The zero-order valence-corrected chi connectivity index (χ0v) is 13.4. The smallest absolute Gasteiger partial charge is 0.314 e. The van der Waals surface area contributed by atoms with Crippen molar-refractivity contribution in [3.63, 3.8) is 0 Å². The molecule has 1 heterocycles. The molecule has 3 N–H and O–H groups in total. The minimum atomic E-state index is -0.282. The molecule has 1 rings (SSSR count). The second kappa shape index (κ2) is 9.19.